The molecule has 19 heteroatoms. The molecule has 0 heterocycles. The fourth-order valence-corrected chi connectivity index (χ4v) is 14.1. The summed E-state index contributed by atoms with van der Waals surface area (Å²) in [5.74, 6) is -0.613. The van der Waals surface area contributed by atoms with E-state index in [2.05, 4.69) is 41.5 Å². The normalized spacial score (nSPS) is 13.9. The molecule has 0 fully saturated rings. The summed E-state index contributed by atoms with van der Waals surface area (Å²) in [5, 5.41) is 10.6. The number of carbonyl (C=O) groups is 4. The molecule has 0 aromatic carbocycles. The zero-order valence-electron chi connectivity index (χ0n) is 65.5. The number of hydrogen-bond acceptors (Lipinski definition) is 15. The first-order valence-electron chi connectivity index (χ1n) is 42.0. The van der Waals surface area contributed by atoms with Crippen molar-refractivity contribution in [3.63, 3.8) is 0 Å². The van der Waals surface area contributed by atoms with Gasteiger partial charge in [0.25, 0.3) is 0 Å². The van der Waals surface area contributed by atoms with E-state index in [9.17, 15) is 43.2 Å². The average molecular weight is 1470 g/mol. The monoisotopic (exact) mass is 1470 g/mol. The Bertz CT molecular complexity index is 1920. The van der Waals surface area contributed by atoms with Crippen LogP contribution in [-0.4, -0.2) is 96.7 Å². The Morgan fingerprint density at radius 3 is 0.680 bits per heavy atom. The summed E-state index contributed by atoms with van der Waals surface area (Å²) >= 11 is 0. The lowest BCUT2D eigenvalue weighted by Gasteiger charge is -2.21. The van der Waals surface area contributed by atoms with Crippen LogP contribution in [0.15, 0.2) is 0 Å². The number of phosphoric ester groups is 2. The standard InChI is InChI=1S/C81H158O17P2/c1-7-9-11-13-15-17-19-21-23-24-25-26-27-29-31-33-40-47-53-59-65-80(85)97-76(69-91-78(83)63-57-51-45-39-32-30-28-22-20-18-16-14-12-10-8-2)71-95-99(87,88)93-67-75(82)68-94-100(89,90)96-72-77(70-92-79(84)64-58-52-46-42-36-38-44-50-56-62-74(5)6)98-81(86)66-60-54-48-41-35-34-37-43-49-55-61-73(3)4/h73-77,82H,7-72H2,1-6H3,(H,87,88)(H,89,90)/t75-,76-,77-/m1/s1. The minimum absolute atomic E-state index is 0.106. The fraction of sp³-hybridized carbons (Fsp3) is 0.951. The van der Waals surface area contributed by atoms with Crippen molar-refractivity contribution in [2.24, 2.45) is 11.8 Å². The van der Waals surface area contributed by atoms with Crippen molar-refractivity contribution in [1.82, 2.24) is 0 Å². The van der Waals surface area contributed by atoms with Gasteiger partial charge in [0, 0.05) is 25.7 Å². The van der Waals surface area contributed by atoms with Gasteiger partial charge >= 0.3 is 39.5 Å². The molecule has 17 nitrogen and oxygen atoms in total. The van der Waals surface area contributed by atoms with Gasteiger partial charge in [0.15, 0.2) is 12.2 Å². The highest BCUT2D eigenvalue weighted by molar-refractivity contribution is 7.47. The van der Waals surface area contributed by atoms with Gasteiger partial charge in [0.1, 0.15) is 19.3 Å². The smallest absolute Gasteiger partial charge is 0.462 e. The van der Waals surface area contributed by atoms with Crippen molar-refractivity contribution >= 4 is 39.5 Å². The molecule has 2 unspecified atom stereocenters. The molecule has 0 spiro atoms. The average Bonchev–Trinajstić information content (AvgIpc) is 1.06. The van der Waals surface area contributed by atoms with E-state index in [0.29, 0.717) is 25.7 Å². The summed E-state index contributed by atoms with van der Waals surface area (Å²) in [6.07, 6.45) is 62.5. The highest BCUT2D eigenvalue weighted by atomic mass is 31.2. The van der Waals surface area contributed by atoms with Crippen molar-refractivity contribution < 1.29 is 80.2 Å². The summed E-state index contributed by atoms with van der Waals surface area (Å²) in [7, 11) is -9.92. The van der Waals surface area contributed by atoms with Crippen molar-refractivity contribution in [2.45, 2.75) is 445 Å². The second-order valence-corrected chi connectivity index (χ2v) is 33.0. The Morgan fingerprint density at radius 2 is 0.460 bits per heavy atom. The number of hydrogen-bond donors (Lipinski definition) is 3. The van der Waals surface area contributed by atoms with Crippen LogP contribution in [0.3, 0.4) is 0 Å². The van der Waals surface area contributed by atoms with Crippen LogP contribution >= 0.6 is 15.6 Å². The maximum atomic E-state index is 13.1. The van der Waals surface area contributed by atoms with Crippen LogP contribution in [0.25, 0.3) is 0 Å². The van der Waals surface area contributed by atoms with Crippen molar-refractivity contribution in [3.8, 4) is 0 Å². The van der Waals surface area contributed by atoms with E-state index >= 15 is 0 Å². The highest BCUT2D eigenvalue weighted by Crippen LogP contribution is 2.45. The molecule has 0 aliphatic rings. The van der Waals surface area contributed by atoms with Gasteiger partial charge in [-0.2, -0.15) is 0 Å². The third kappa shape index (κ3) is 74.3. The molecule has 0 aliphatic heterocycles. The van der Waals surface area contributed by atoms with Gasteiger partial charge in [-0.3, -0.25) is 37.3 Å². The molecule has 0 aromatic heterocycles. The van der Waals surface area contributed by atoms with Crippen LogP contribution in [0.4, 0.5) is 0 Å². The minimum atomic E-state index is -4.96. The number of esters is 4. The van der Waals surface area contributed by atoms with Gasteiger partial charge in [0.2, 0.25) is 0 Å². The molecule has 0 rings (SSSR count). The SMILES string of the molecule is CCCCCCCCCCCCCCCCCCCCCCC(=O)O[C@H](COC(=O)CCCCCCCCCCCCCCCCC)COP(=O)(O)OC[C@@H](O)COP(=O)(O)OC[C@@H](COC(=O)CCCCCCCCCCCC(C)C)OC(=O)CCCCCCCCCCCCC(C)C. The summed E-state index contributed by atoms with van der Waals surface area (Å²) in [4.78, 5) is 73.0. The van der Waals surface area contributed by atoms with Gasteiger partial charge in [0.05, 0.1) is 26.4 Å². The molecule has 0 saturated carbocycles. The summed E-state index contributed by atoms with van der Waals surface area (Å²) < 4.78 is 68.7. The Morgan fingerprint density at radius 1 is 0.270 bits per heavy atom. The second kappa shape index (κ2) is 72.6. The number of unbranched alkanes of at least 4 members (excludes halogenated alkanes) is 50. The number of ether oxygens (including phenoxy) is 4. The van der Waals surface area contributed by atoms with Crippen LogP contribution < -0.4 is 0 Å². The number of aliphatic hydroxyl groups excluding tert-OH is 1. The first-order valence-corrected chi connectivity index (χ1v) is 45.0. The van der Waals surface area contributed by atoms with Gasteiger partial charge in [-0.15, -0.1) is 0 Å². The lowest BCUT2D eigenvalue weighted by Crippen LogP contribution is -2.30. The van der Waals surface area contributed by atoms with Gasteiger partial charge in [-0.05, 0) is 37.5 Å². The first kappa shape index (κ1) is 98.1. The molecule has 3 N–H and O–H groups in total. The summed E-state index contributed by atoms with van der Waals surface area (Å²) in [5.41, 5.74) is 0. The molecule has 0 bridgehead atoms. The van der Waals surface area contributed by atoms with E-state index in [1.165, 1.54) is 244 Å². The van der Waals surface area contributed by atoms with Crippen LogP contribution in [0, 0.1) is 11.8 Å². The van der Waals surface area contributed by atoms with E-state index in [1.54, 1.807) is 0 Å². The van der Waals surface area contributed by atoms with E-state index in [4.69, 9.17) is 37.0 Å². The first-order chi connectivity index (χ1) is 48.4. The van der Waals surface area contributed by atoms with Crippen LogP contribution in [-0.2, 0) is 65.4 Å². The van der Waals surface area contributed by atoms with E-state index in [1.807, 2.05) is 0 Å². The zero-order valence-corrected chi connectivity index (χ0v) is 67.3. The molecule has 0 amide bonds. The van der Waals surface area contributed by atoms with Gasteiger partial charge < -0.3 is 33.8 Å². The van der Waals surface area contributed by atoms with Gasteiger partial charge in [-0.1, -0.05) is 375 Å². The Balaban J connectivity index is 5.24. The molecule has 594 valence electrons. The summed E-state index contributed by atoms with van der Waals surface area (Å²) in [6, 6.07) is 0. The molecule has 5 atom stereocenters. The predicted octanol–water partition coefficient (Wildman–Crippen LogP) is 24.3. The highest BCUT2D eigenvalue weighted by Gasteiger charge is 2.30. The predicted molar refractivity (Wildman–Crippen MR) is 409 cm³/mol. The molecule has 0 saturated heterocycles. The molecule has 0 radical (unpaired) electrons. The number of carbonyl (C=O) groups excluding carboxylic acids is 4. The fourth-order valence-electron chi connectivity index (χ4n) is 12.5. The van der Waals surface area contributed by atoms with E-state index in [0.717, 1.165) is 102 Å². The molecule has 100 heavy (non-hydrogen) atoms. The summed E-state index contributed by atoms with van der Waals surface area (Å²) in [6.45, 7) is 9.61. The third-order valence-corrected chi connectivity index (χ3v) is 20.9. The number of rotatable bonds is 80. The van der Waals surface area contributed by atoms with Crippen LogP contribution in [0.1, 0.15) is 427 Å². The van der Waals surface area contributed by atoms with Gasteiger partial charge in [-0.25, -0.2) is 9.13 Å². The molecule has 0 aliphatic carbocycles. The van der Waals surface area contributed by atoms with Crippen LogP contribution in [0.5, 0.6) is 0 Å². The Labute approximate surface area is 613 Å². The van der Waals surface area contributed by atoms with E-state index < -0.39 is 97.5 Å². The molecule has 0 aromatic rings. The lowest BCUT2D eigenvalue weighted by molar-refractivity contribution is -0.161. The molecular formula is C81H158O17P2. The largest absolute Gasteiger partial charge is 0.472 e. The topological polar surface area (TPSA) is 237 Å². The quantitative estimate of drug-likeness (QED) is 0.0222. The van der Waals surface area contributed by atoms with Crippen LogP contribution in [0.2, 0.25) is 0 Å². The Hall–Kier alpha value is -1.94. The Kier molecular flexibility index (Phi) is 71.2. The van der Waals surface area contributed by atoms with Crippen molar-refractivity contribution in [1.29, 1.82) is 0 Å². The van der Waals surface area contributed by atoms with E-state index in [-0.39, 0.29) is 25.7 Å². The lowest BCUT2D eigenvalue weighted by atomic mass is 10.0. The van der Waals surface area contributed by atoms with Crippen molar-refractivity contribution in [3.05, 3.63) is 0 Å². The zero-order chi connectivity index (χ0) is 73.5. The second-order valence-electron chi connectivity index (χ2n) is 30.1. The number of phosphoric acid groups is 2. The molecular weight excluding hydrogens is 1310 g/mol. The minimum Gasteiger partial charge on any atom is -0.462 e. The van der Waals surface area contributed by atoms with Crippen molar-refractivity contribution in [2.75, 3.05) is 39.6 Å². The maximum Gasteiger partial charge on any atom is 0.472 e. The third-order valence-electron chi connectivity index (χ3n) is 19.0. The number of aliphatic hydroxyl groups is 1. The maximum absolute atomic E-state index is 13.1.